The van der Waals surface area contributed by atoms with Crippen LogP contribution in [0.2, 0.25) is 5.02 Å². The number of likely N-dealkylation sites (N-methyl/N-ethyl adjacent to an activating group) is 1. The molecule has 2 aliphatic heterocycles. The van der Waals surface area contributed by atoms with Gasteiger partial charge in [-0.3, -0.25) is 4.79 Å². The Morgan fingerprint density at radius 2 is 1.85 bits per heavy atom. The van der Waals surface area contributed by atoms with Crippen LogP contribution in [0.5, 0.6) is 5.75 Å². The molecule has 2 aromatic rings. The molecule has 11 nitrogen and oxygen atoms in total. The van der Waals surface area contributed by atoms with Crippen molar-refractivity contribution in [1.29, 1.82) is 0 Å². The number of fused-ring (bicyclic) bond motifs is 1. The lowest BCUT2D eigenvalue weighted by Crippen LogP contribution is -2.47. The van der Waals surface area contributed by atoms with Crippen LogP contribution in [-0.4, -0.2) is 88.3 Å². The van der Waals surface area contributed by atoms with Crippen LogP contribution in [0.1, 0.15) is 73.2 Å². The van der Waals surface area contributed by atoms with Crippen LogP contribution in [0, 0.1) is 5.92 Å². The molecule has 2 atom stereocenters. The van der Waals surface area contributed by atoms with Crippen LogP contribution in [0.15, 0.2) is 36.4 Å². The molecule has 0 saturated carbocycles. The number of halogens is 1. The van der Waals surface area contributed by atoms with Gasteiger partial charge >= 0.3 is 12.2 Å². The van der Waals surface area contributed by atoms with E-state index < -0.39 is 23.9 Å². The largest absolute Gasteiger partial charge is 0.493 e. The Morgan fingerprint density at radius 1 is 1.09 bits per heavy atom. The van der Waals surface area contributed by atoms with Crippen molar-refractivity contribution in [1.82, 2.24) is 15.5 Å². The molecule has 1 saturated heterocycles. The highest BCUT2D eigenvalue weighted by Gasteiger charge is 2.30. The maximum atomic E-state index is 13.8. The number of hydrogen-bond donors (Lipinski definition) is 2. The highest BCUT2D eigenvalue weighted by atomic mass is 35.5. The lowest BCUT2D eigenvalue weighted by Gasteiger charge is -2.34. The van der Waals surface area contributed by atoms with Crippen LogP contribution in [0.4, 0.5) is 9.59 Å². The number of alkyl carbamates (subject to hydrolysis) is 1. The van der Waals surface area contributed by atoms with Crippen LogP contribution in [0.3, 0.4) is 0 Å². The van der Waals surface area contributed by atoms with Gasteiger partial charge in [0, 0.05) is 55.9 Å². The Hall–Kier alpha value is -3.54. The first-order valence-electron chi connectivity index (χ1n) is 15.8. The molecule has 3 amide bonds. The van der Waals surface area contributed by atoms with Gasteiger partial charge in [0.1, 0.15) is 17.5 Å². The first-order chi connectivity index (χ1) is 21.9. The molecule has 2 heterocycles. The second-order valence-electron chi connectivity index (χ2n) is 12.6. The first-order valence-corrected chi connectivity index (χ1v) is 16.1. The predicted octanol–water partition coefficient (Wildman–Crippen LogP) is 5.52. The Morgan fingerprint density at radius 3 is 2.54 bits per heavy atom. The van der Waals surface area contributed by atoms with Gasteiger partial charge in [0.15, 0.2) is 0 Å². The molecule has 2 aromatic carbocycles. The van der Waals surface area contributed by atoms with Gasteiger partial charge in [0.2, 0.25) is 0 Å². The van der Waals surface area contributed by atoms with E-state index in [4.69, 9.17) is 30.5 Å². The fraction of sp³-hybridized carbons (Fsp3) is 0.559. The summed E-state index contributed by atoms with van der Waals surface area (Å²) in [5.41, 5.74) is 2.29. The molecule has 0 aromatic heterocycles. The molecule has 0 bridgehead atoms. The van der Waals surface area contributed by atoms with Gasteiger partial charge in [-0.05, 0) is 81.3 Å². The van der Waals surface area contributed by atoms with Crippen molar-refractivity contribution >= 4 is 29.7 Å². The fourth-order valence-corrected chi connectivity index (χ4v) is 5.87. The Bertz CT molecular complexity index is 1360. The highest BCUT2D eigenvalue weighted by molar-refractivity contribution is 6.30. The minimum absolute atomic E-state index is 0.184. The number of ether oxygens (including phenoxy) is 5. The van der Waals surface area contributed by atoms with Gasteiger partial charge in [-0.15, -0.1) is 0 Å². The Labute approximate surface area is 276 Å². The van der Waals surface area contributed by atoms with Crippen molar-refractivity contribution in [2.45, 2.75) is 64.2 Å². The number of nitrogens with zero attached hydrogens (tertiary/aromatic N) is 1. The molecule has 12 heteroatoms. The summed E-state index contributed by atoms with van der Waals surface area (Å²) in [7, 11) is 3.01. The number of hydrogen-bond acceptors (Lipinski definition) is 8. The van der Waals surface area contributed by atoms with E-state index in [0.717, 1.165) is 29.5 Å². The van der Waals surface area contributed by atoms with E-state index in [1.54, 1.807) is 24.1 Å². The lowest BCUT2D eigenvalue weighted by atomic mass is 9.91. The van der Waals surface area contributed by atoms with Crippen molar-refractivity contribution in [3.63, 3.8) is 0 Å². The van der Waals surface area contributed by atoms with Crippen LogP contribution in [0.25, 0.3) is 0 Å². The van der Waals surface area contributed by atoms with Gasteiger partial charge in [-0.2, -0.15) is 0 Å². The standard InChI is InChI=1S/C34H46ClN3O8/c1-34(2,3)46-33(41)38(4)26(17-22-9-13-43-14-10-22)21-37-31(39)24-19-28(27-11-15-44-29(27)20-24)30(23-7-6-8-25(35)18-23)45-16-12-36-32(40)42-5/h6-8,18-20,22,26,30H,9-17,21H2,1-5H3,(H,36,40)(H,37,39). The van der Waals surface area contributed by atoms with E-state index >= 15 is 0 Å². The number of carbonyl (C=O) groups is 3. The SMILES string of the molecule is COC(=O)NCCOC(c1cccc(Cl)c1)c1cc(C(=O)NCC(CC2CCOCC2)N(C)C(=O)OC(C)(C)C)cc2c1CCO2. The van der Waals surface area contributed by atoms with Crippen LogP contribution in [-0.2, 0) is 25.4 Å². The number of nitrogens with one attached hydrogen (secondary N) is 2. The van der Waals surface area contributed by atoms with Gasteiger partial charge in [-0.25, -0.2) is 9.59 Å². The smallest absolute Gasteiger partial charge is 0.410 e. The normalized spacial score (nSPS) is 16.0. The third-order valence-corrected chi connectivity index (χ3v) is 8.30. The van der Waals surface area contributed by atoms with E-state index in [-0.39, 0.29) is 31.6 Å². The summed E-state index contributed by atoms with van der Waals surface area (Å²) in [6.45, 7) is 8.00. The van der Waals surface area contributed by atoms with E-state index in [9.17, 15) is 14.4 Å². The summed E-state index contributed by atoms with van der Waals surface area (Å²) < 4.78 is 28.1. The number of rotatable bonds is 12. The monoisotopic (exact) mass is 659 g/mol. The molecule has 0 spiro atoms. The molecule has 46 heavy (non-hydrogen) atoms. The van der Waals surface area contributed by atoms with Crippen molar-refractivity contribution in [2.75, 3.05) is 53.7 Å². The molecule has 2 aliphatic rings. The molecule has 2 N–H and O–H groups in total. The molecular formula is C34H46ClN3O8. The van der Waals surface area contributed by atoms with Crippen molar-refractivity contribution in [2.24, 2.45) is 5.92 Å². The zero-order valence-electron chi connectivity index (χ0n) is 27.4. The molecule has 4 rings (SSSR count). The zero-order valence-corrected chi connectivity index (χ0v) is 28.1. The summed E-state index contributed by atoms with van der Waals surface area (Å²) in [4.78, 5) is 39.9. The second-order valence-corrected chi connectivity index (χ2v) is 13.0. The minimum atomic E-state index is -0.643. The average Bonchev–Trinajstić information content (AvgIpc) is 3.51. The minimum Gasteiger partial charge on any atom is -0.493 e. The Kier molecular flexibility index (Phi) is 12.5. The number of benzene rings is 2. The summed E-state index contributed by atoms with van der Waals surface area (Å²) in [6.07, 6.45) is 1.60. The summed E-state index contributed by atoms with van der Waals surface area (Å²) in [5, 5.41) is 6.24. The van der Waals surface area contributed by atoms with E-state index in [2.05, 4.69) is 15.4 Å². The molecule has 0 radical (unpaired) electrons. The fourth-order valence-electron chi connectivity index (χ4n) is 5.67. The van der Waals surface area contributed by atoms with Crippen molar-refractivity contribution < 1.29 is 38.1 Å². The average molecular weight is 660 g/mol. The number of methoxy groups -OCH3 is 1. The molecule has 1 fully saturated rings. The molecule has 252 valence electrons. The zero-order chi connectivity index (χ0) is 33.3. The topological polar surface area (TPSA) is 125 Å². The molecule has 2 unspecified atom stereocenters. The van der Waals surface area contributed by atoms with Gasteiger partial charge < -0.3 is 39.2 Å². The molecular weight excluding hydrogens is 614 g/mol. The summed E-state index contributed by atoms with van der Waals surface area (Å²) >= 11 is 6.36. The van der Waals surface area contributed by atoms with Crippen LogP contribution < -0.4 is 15.4 Å². The lowest BCUT2D eigenvalue weighted by molar-refractivity contribution is 0.0150. The van der Waals surface area contributed by atoms with Gasteiger partial charge in [0.05, 0.1) is 26.4 Å². The maximum absolute atomic E-state index is 13.8. The van der Waals surface area contributed by atoms with E-state index in [1.807, 2.05) is 45.0 Å². The summed E-state index contributed by atoms with van der Waals surface area (Å²) in [5.74, 6) is 0.687. The van der Waals surface area contributed by atoms with Crippen LogP contribution >= 0.6 is 11.6 Å². The van der Waals surface area contributed by atoms with Gasteiger partial charge in [0.25, 0.3) is 5.91 Å². The second kappa shape index (κ2) is 16.3. The quantitative estimate of drug-likeness (QED) is 0.286. The Balaban J connectivity index is 1.57. The number of amides is 3. The predicted molar refractivity (Wildman–Crippen MR) is 174 cm³/mol. The third-order valence-electron chi connectivity index (χ3n) is 8.06. The van der Waals surface area contributed by atoms with Crippen molar-refractivity contribution in [3.8, 4) is 5.75 Å². The van der Waals surface area contributed by atoms with Gasteiger partial charge in [-0.1, -0.05) is 23.7 Å². The highest BCUT2D eigenvalue weighted by Crippen LogP contribution is 2.38. The van der Waals surface area contributed by atoms with Crippen molar-refractivity contribution in [3.05, 3.63) is 63.7 Å². The van der Waals surface area contributed by atoms with E-state index in [0.29, 0.717) is 54.9 Å². The first kappa shape index (κ1) is 35.3. The molecule has 0 aliphatic carbocycles. The number of carbonyl (C=O) groups excluding carboxylic acids is 3. The summed E-state index contributed by atoms with van der Waals surface area (Å²) in [6, 6.07) is 10.6. The maximum Gasteiger partial charge on any atom is 0.410 e. The third kappa shape index (κ3) is 9.98. The van der Waals surface area contributed by atoms with E-state index in [1.165, 1.54) is 7.11 Å².